The lowest BCUT2D eigenvalue weighted by atomic mass is 10.2. The Balaban J connectivity index is 1.35. The zero-order chi connectivity index (χ0) is 18.7. The normalized spacial score (nSPS) is 14.7. The highest BCUT2D eigenvalue weighted by Gasteiger charge is 2.11. The molecule has 0 spiro atoms. The van der Waals surface area contributed by atoms with Gasteiger partial charge in [0.05, 0.1) is 19.8 Å². The molecule has 1 aliphatic heterocycles. The SMILES string of the molecule is O=C(COCCOc1ccccc1)Nc1cccc(CN2CCOCC2)c1. The molecular weight excluding hydrogens is 344 g/mol. The predicted molar refractivity (Wildman–Crippen MR) is 104 cm³/mol. The second kappa shape index (κ2) is 10.7. The van der Waals surface area contributed by atoms with Crippen LogP contribution in [-0.4, -0.2) is 56.9 Å². The molecule has 2 aromatic rings. The Bertz CT molecular complexity index is 702. The second-order valence-electron chi connectivity index (χ2n) is 6.35. The number of morpholine rings is 1. The van der Waals surface area contributed by atoms with Gasteiger partial charge in [-0.25, -0.2) is 0 Å². The van der Waals surface area contributed by atoms with Gasteiger partial charge in [-0.2, -0.15) is 0 Å². The molecule has 1 amide bonds. The summed E-state index contributed by atoms with van der Waals surface area (Å²) in [5, 5.41) is 2.88. The summed E-state index contributed by atoms with van der Waals surface area (Å²) >= 11 is 0. The highest BCUT2D eigenvalue weighted by molar-refractivity contribution is 5.91. The number of ether oxygens (including phenoxy) is 3. The minimum absolute atomic E-state index is 0.00579. The third-order valence-corrected chi connectivity index (χ3v) is 4.19. The molecule has 0 unspecified atom stereocenters. The van der Waals surface area contributed by atoms with E-state index in [2.05, 4.69) is 16.3 Å². The molecule has 6 nitrogen and oxygen atoms in total. The van der Waals surface area contributed by atoms with Crippen LogP contribution in [0.5, 0.6) is 5.75 Å². The summed E-state index contributed by atoms with van der Waals surface area (Å²) in [6.07, 6.45) is 0. The first-order valence-corrected chi connectivity index (χ1v) is 9.24. The van der Waals surface area contributed by atoms with Gasteiger partial charge in [0.1, 0.15) is 19.0 Å². The maximum atomic E-state index is 12.0. The number of anilines is 1. The van der Waals surface area contributed by atoms with Gasteiger partial charge >= 0.3 is 0 Å². The molecule has 0 radical (unpaired) electrons. The highest BCUT2D eigenvalue weighted by atomic mass is 16.5. The van der Waals surface area contributed by atoms with Crippen molar-refractivity contribution in [2.45, 2.75) is 6.54 Å². The van der Waals surface area contributed by atoms with Gasteiger partial charge in [-0.05, 0) is 29.8 Å². The molecule has 1 fully saturated rings. The predicted octanol–water partition coefficient (Wildman–Crippen LogP) is 2.55. The van der Waals surface area contributed by atoms with Crippen molar-refractivity contribution in [2.24, 2.45) is 0 Å². The van der Waals surface area contributed by atoms with E-state index in [1.54, 1.807) is 0 Å². The number of carbonyl (C=O) groups is 1. The lowest BCUT2D eigenvalue weighted by molar-refractivity contribution is -0.120. The van der Waals surface area contributed by atoms with E-state index in [-0.39, 0.29) is 12.5 Å². The Labute approximate surface area is 160 Å². The van der Waals surface area contributed by atoms with E-state index < -0.39 is 0 Å². The van der Waals surface area contributed by atoms with Crippen LogP contribution in [0.4, 0.5) is 5.69 Å². The fourth-order valence-corrected chi connectivity index (χ4v) is 2.86. The molecule has 6 heteroatoms. The second-order valence-corrected chi connectivity index (χ2v) is 6.35. The van der Waals surface area contributed by atoms with Crippen LogP contribution in [0.1, 0.15) is 5.56 Å². The third-order valence-electron chi connectivity index (χ3n) is 4.19. The van der Waals surface area contributed by atoms with Crippen LogP contribution in [0.15, 0.2) is 54.6 Å². The minimum Gasteiger partial charge on any atom is -0.491 e. The summed E-state index contributed by atoms with van der Waals surface area (Å²) in [7, 11) is 0. The van der Waals surface area contributed by atoms with E-state index in [0.717, 1.165) is 44.3 Å². The average molecular weight is 370 g/mol. The van der Waals surface area contributed by atoms with Crippen LogP contribution in [0.2, 0.25) is 0 Å². The Morgan fingerprint density at radius 2 is 1.85 bits per heavy atom. The van der Waals surface area contributed by atoms with E-state index in [1.165, 1.54) is 5.56 Å². The quantitative estimate of drug-likeness (QED) is 0.688. The Kier molecular flexibility index (Phi) is 7.65. The van der Waals surface area contributed by atoms with E-state index in [9.17, 15) is 4.79 Å². The molecule has 0 bridgehead atoms. The van der Waals surface area contributed by atoms with Crippen LogP contribution >= 0.6 is 0 Å². The van der Waals surface area contributed by atoms with E-state index in [0.29, 0.717) is 13.2 Å². The van der Waals surface area contributed by atoms with Gasteiger partial charge in [0.15, 0.2) is 0 Å². The molecule has 0 aromatic heterocycles. The lowest BCUT2D eigenvalue weighted by Gasteiger charge is -2.26. The van der Waals surface area contributed by atoms with Crippen LogP contribution in [-0.2, 0) is 20.8 Å². The van der Waals surface area contributed by atoms with Gasteiger partial charge in [0.2, 0.25) is 5.91 Å². The summed E-state index contributed by atoms with van der Waals surface area (Å²) in [4.78, 5) is 14.4. The molecule has 1 aliphatic rings. The van der Waals surface area contributed by atoms with Crippen LogP contribution in [0, 0.1) is 0 Å². The molecule has 0 saturated carbocycles. The van der Waals surface area contributed by atoms with Crippen LogP contribution in [0.3, 0.4) is 0 Å². The Morgan fingerprint density at radius 3 is 2.67 bits per heavy atom. The van der Waals surface area contributed by atoms with Crippen molar-refractivity contribution in [1.82, 2.24) is 4.90 Å². The largest absolute Gasteiger partial charge is 0.491 e. The molecule has 1 saturated heterocycles. The Morgan fingerprint density at radius 1 is 1.04 bits per heavy atom. The van der Waals surface area contributed by atoms with Crippen molar-refractivity contribution in [3.05, 3.63) is 60.2 Å². The number of amides is 1. The maximum Gasteiger partial charge on any atom is 0.250 e. The molecular formula is C21H26N2O4. The summed E-state index contributed by atoms with van der Waals surface area (Å²) in [5.74, 6) is 0.626. The molecule has 2 aromatic carbocycles. The lowest BCUT2D eigenvalue weighted by Crippen LogP contribution is -2.35. The summed E-state index contributed by atoms with van der Waals surface area (Å²) in [6.45, 7) is 5.08. The van der Waals surface area contributed by atoms with Crippen molar-refractivity contribution in [1.29, 1.82) is 0 Å². The monoisotopic (exact) mass is 370 g/mol. The van der Waals surface area contributed by atoms with Gasteiger partial charge in [-0.1, -0.05) is 30.3 Å². The van der Waals surface area contributed by atoms with Gasteiger partial charge < -0.3 is 19.5 Å². The first-order chi connectivity index (χ1) is 13.3. The maximum absolute atomic E-state index is 12.0. The third kappa shape index (κ3) is 7.02. The molecule has 27 heavy (non-hydrogen) atoms. The fourth-order valence-electron chi connectivity index (χ4n) is 2.86. The van der Waals surface area contributed by atoms with Crippen molar-refractivity contribution in [2.75, 3.05) is 51.4 Å². The molecule has 1 heterocycles. The zero-order valence-corrected chi connectivity index (χ0v) is 15.4. The van der Waals surface area contributed by atoms with Crippen LogP contribution in [0.25, 0.3) is 0 Å². The van der Waals surface area contributed by atoms with Crippen molar-refractivity contribution in [3.8, 4) is 5.75 Å². The van der Waals surface area contributed by atoms with E-state index in [4.69, 9.17) is 14.2 Å². The number of rotatable bonds is 9. The molecule has 144 valence electrons. The average Bonchev–Trinajstić information content (AvgIpc) is 2.69. The topological polar surface area (TPSA) is 60.0 Å². The molecule has 3 rings (SSSR count). The van der Waals surface area contributed by atoms with E-state index in [1.807, 2.05) is 48.5 Å². The van der Waals surface area contributed by atoms with Gasteiger partial charge in [-0.15, -0.1) is 0 Å². The summed E-state index contributed by atoms with van der Waals surface area (Å²) in [5.41, 5.74) is 1.96. The molecule has 0 atom stereocenters. The Hall–Kier alpha value is -2.41. The fraction of sp³-hybridized carbons (Fsp3) is 0.381. The number of para-hydroxylation sites is 1. The smallest absolute Gasteiger partial charge is 0.250 e. The number of benzene rings is 2. The standard InChI is InChI=1S/C21H26N2O4/c24-21(17-26-13-14-27-20-7-2-1-3-8-20)22-19-6-4-5-18(15-19)16-23-9-11-25-12-10-23/h1-8,15H,9-14,16-17H2,(H,22,24). The van der Waals surface area contributed by atoms with Crippen molar-refractivity contribution in [3.63, 3.8) is 0 Å². The molecule has 1 N–H and O–H groups in total. The van der Waals surface area contributed by atoms with Gasteiger partial charge in [0.25, 0.3) is 0 Å². The minimum atomic E-state index is -0.168. The number of nitrogens with one attached hydrogen (secondary N) is 1. The first-order valence-electron chi connectivity index (χ1n) is 9.24. The highest BCUT2D eigenvalue weighted by Crippen LogP contribution is 2.13. The summed E-state index contributed by atoms with van der Waals surface area (Å²) in [6, 6.07) is 17.5. The van der Waals surface area contributed by atoms with Crippen molar-refractivity contribution < 1.29 is 19.0 Å². The molecule has 0 aliphatic carbocycles. The van der Waals surface area contributed by atoms with Gasteiger partial charge in [-0.3, -0.25) is 9.69 Å². The number of hydrogen-bond acceptors (Lipinski definition) is 5. The van der Waals surface area contributed by atoms with Crippen LogP contribution < -0.4 is 10.1 Å². The first kappa shape index (κ1) is 19.4. The number of carbonyl (C=O) groups excluding carboxylic acids is 1. The number of nitrogens with zero attached hydrogens (tertiary/aromatic N) is 1. The number of hydrogen-bond donors (Lipinski definition) is 1. The van der Waals surface area contributed by atoms with E-state index >= 15 is 0 Å². The summed E-state index contributed by atoms with van der Waals surface area (Å²) < 4.78 is 16.3. The van der Waals surface area contributed by atoms with Crippen molar-refractivity contribution >= 4 is 11.6 Å². The zero-order valence-electron chi connectivity index (χ0n) is 15.4. The van der Waals surface area contributed by atoms with Gasteiger partial charge in [0, 0.05) is 25.3 Å².